The highest BCUT2D eigenvalue weighted by Gasteiger charge is 2.21. The van der Waals surface area contributed by atoms with Crippen LogP contribution >= 0.6 is 0 Å². The van der Waals surface area contributed by atoms with Gasteiger partial charge in [0.2, 0.25) is 5.75 Å². The van der Waals surface area contributed by atoms with Gasteiger partial charge in [0.1, 0.15) is 6.61 Å². The Morgan fingerprint density at radius 3 is 2.50 bits per heavy atom. The van der Waals surface area contributed by atoms with Crippen LogP contribution in [0.25, 0.3) is 0 Å². The van der Waals surface area contributed by atoms with Gasteiger partial charge in [0, 0.05) is 6.07 Å². The molecule has 0 saturated heterocycles. The first-order valence-corrected chi connectivity index (χ1v) is 6.11. The molecule has 2 aromatic carbocycles. The zero-order chi connectivity index (χ0) is 14.5. The van der Waals surface area contributed by atoms with E-state index in [9.17, 15) is 10.1 Å². The van der Waals surface area contributed by atoms with Crippen molar-refractivity contribution in [2.24, 2.45) is 0 Å². The van der Waals surface area contributed by atoms with Crippen molar-refractivity contribution in [1.82, 2.24) is 0 Å². The number of nitro groups is 1. The van der Waals surface area contributed by atoms with E-state index >= 15 is 0 Å². The van der Waals surface area contributed by atoms with Crippen LogP contribution in [0, 0.1) is 17.0 Å². The van der Waals surface area contributed by atoms with Crippen LogP contribution in [0.3, 0.4) is 0 Å². The summed E-state index contributed by atoms with van der Waals surface area (Å²) in [6, 6.07) is 12.7. The van der Waals surface area contributed by atoms with Crippen LogP contribution in [0.15, 0.2) is 42.5 Å². The molecule has 0 amide bonds. The minimum atomic E-state index is -0.462. The lowest BCUT2D eigenvalue weighted by molar-refractivity contribution is -0.386. The Morgan fingerprint density at radius 2 is 1.90 bits per heavy atom. The van der Waals surface area contributed by atoms with E-state index < -0.39 is 4.92 Å². The van der Waals surface area contributed by atoms with E-state index in [1.807, 2.05) is 30.3 Å². The van der Waals surface area contributed by atoms with E-state index in [1.54, 1.807) is 13.0 Å². The number of methoxy groups -OCH3 is 1. The number of benzene rings is 2. The van der Waals surface area contributed by atoms with Crippen LogP contribution < -0.4 is 9.47 Å². The van der Waals surface area contributed by atoms with Crippen molar-refractivity contribution in [3.8, 4) is 11.5 Å². The molecular formula is C15H15NO4. The van der Waals surface area contributed by atoms with Crippen LogP contribution in [0.2, 0.25) is 0 Å². The van der Waals surface area contributed by atoms with E-state index in [0.29, 0.717) is 5.75 Å². The Morgan fingerprint density at radius 1 is 1.20 bits per heavy atom. The fourth-order valence-corrected chi connectivity index (χ4v) is 1.88. The SMILES string of the molecule is COc1cc(C)cc([N+](=O)[O-])c1OCc1ccccc1. The van der Waals surface area contributed by atoms with Gasteiger partial charge in [-0.1, -0.05) is 30.3 Å². The molecule has 20 heavy (non-hydrogen) atoms. The molecule has 0 spiro atoms. The molecule has 0 fully saturated rings. The molecule has 5 heteroatoms. The Kier molecular flexibility index (Phi) is 4.20. The van der Waals surface area contributed by atoms with Gasteiger partial charge in [-0.25, -0.2) is 0 Å². The van der Waals surface area contributed by atoms with Gasteiger partial charge < -0.3 is 9.47 Å². The molecule has 0 aliphatic carbocycles. The van der Waals surface area contributed by atoms with Gasteiger partial charge in [-0.3, -0.25) is 10.1 Å². The number of nitrogens with zero attached hydrogens (tertiary/aromatic N) is 1. The summed E-state index contributed by atoms with van der Waals surface area (Å²) in [5, 5.41) is 11.1. The Labute approximate surface area is 116 Å². The van der Waals surface area contributed by atoms with Gasteiger partial charge in [-0.15, -0.1) is 0 Å². The molecule has 104 valence electrons. The van der Waals surface area contributed by atoms with Crippen LogP contribution in [-0.4, -0.2) is 12.0 Å². The third-order valence-corrected chi connectivity index (χ3v) is 2.82. The lowest BCUT2D eigenvalue weighted by Gasteiger charge is -2.11. The van der Waals surface area contributed by atoms with E-state index in [2.05, 4.69) is 0 Å². The average Bonchev–Trinajstić information content (AvgIpc) is 2.46. The molecule has 0 N–H and O–H groups in total. The topological polar surface area (TPSA) is 61.6 Å². The number of nitro benzene ring substituents is 1. The van der Waals surface area contributed by atoms with Crippen molar-refractivity contribution in [3.05, 3.63) is 63.7 Å². The second-order valence-electron chi connectivity index (χ2n) is 4.35. The summed E-state index contributed by atoms with van der Waals surface area (Å²) in [6.07, 6.45) is 0. The Balaban J connectivity index is 2.32. The zero-order valence-electron chi connectivity index (χ0n) is 11.3. The first-order chi connectivity index (χ1) is 9.61. The lowest BCUT2D eigenvalue weighted by Crippen LogP contribution is -2.02. The molecule has 2 aromatic rings. The standard InChI is InChI=1S/C15H15NO4/c1-11-8-13(16(17)18)15(14(9-11)19-2)20-10-12-6-4-3-5-7-12/h3-9H,10H2,1-2H3. The van der Waals surface area contributed by atoms with Crippen LogP contribution in [0.1, 0.15) is 11.1 Å². The highest BCUT2D eigenvalue weighted by molar-refractivity contribution is 5.58. The largest absolute Gasteiger partial charge is 0.493 e. The minimum Gasteiger partial charge on any atom is -0.493 e. The van der Waals surface area contributed by atoms with Gasteiger partial charge in [0.25, 0.3) is 0 Å². The van der Waals surface area contributed by atoms with Gasteiger partial charge >= 0.3 is 5.69 Å². The molecule has 0 bridgehead atoms. The van der Waals surface area contributed by atoms with Crippen LogP contribution in [0.5, 0.6) is 11.5 Å². The van der Waals surface area contributed by atoms with Crippen molar-refractivity contribution in [1.29, 1.82) is 0 Å². The molecule has 0 saturated carbocycles. The molecule has 5 nitrogen and oxygen atoms in total. The zero-order valence-corrected chi connectivity index (χ0v) is 11.3. The van der Waals surface area contributed by atoms with Crippen molar-refractivity contribution in [2.75, 3.05) is 7.11 Å². The van der Waals surface area contributed by atoms with E-state index in [1.165, 1.54) is 13.2 Å². The molecule has 0 atom stereocenters. The van der Waals surface area contributed by atoms with Crippen LogP contribution in [-0.2, 0) is 6.61 Å². The maximum absolute atomic E-state index is 11.1. The van der Waals surface area contributed by atoms with E-state index in [4.69, 9.17) is 9.47 Å². The summed E-state index contributed by atoms with van der Waals surface area (Å²) in [6.45, 7) is 2.03. The smallest absolute Gasteiger partial charge is 0.315 e. The number of hydrogen-bond donors (Lipinski definition) is 0. The first kappa shape index (κ1) is 13.9. The monoisotopic (exact) mass is 273 g/mol. The number of rotatable bonds is 5. The van der Waals surface area contributed by atoms with E-state index in [-0.39, 0.29) is 18.0 Å². The number of aryl methyl sites for hydroxylation is 1. The minimum absolute atomic E-state index is 0.0854. The van der Waals surface area contributed by atoms with Crippen molar-refractivity contribution in [2.45, 2.75) is 13.5 Å². The quantitative estimate of drug-likeness (QED) is 0.618. The fourth-order valence-electron chi connectivity index (χ4n) is 1.88. The summed E-state index contributed by atoms with van der Waals surface area (Å²) in [7, 11) is 1.47. The maximum Gasteiger partial charge on any atom is 0.315 e. The third-order valence-electron chi connectivity index (χ3n) is 2.82. The second-order valence-corrected chi connectivity index (χ2v) is 4.35. The molecule has 0 aromatic heterocycles. The van der Waals surface area contributed by atoms with Gasteiger partial charge in [0.15, 0.2) is 5.75 Å². The molecule has 0 radical (unpaired) electrons. The normalized spacial score (nSPS) is 10.1. The fraction of sp³-hybridized carbons (Fsp3) is 0.200. The second kappa shape index (κ2) is 6.06. The highest BCUT2D eigenvalue weighted by atomic mass is 16.6. The predicted octanol–water partition coefficient (Wildman–Crippen LogP) is 3.49. The number of ether oxygens (including phenoxy) is 2. The molecular weight excluding hydrogens is 258 g/mol. The number of hydrogen-bond acceptors (Lipinski definition) is 4. The maximum atomic E-state index is 11.1. The summed E-state index contributed by atoms with van der Waals surface area (Å²) in [5.74, 6) is 0.527. The highest BCUT2D eigenvalue weighted by Crippen LogP contribution is 2.38. The summed E-state index contributed by atoms with van der Waals surface area (Å²) >= 11 is 0. The third kappa shape index (κ3) is 3.06. The van der Waals surface area contributed by atoms with Gasteiger partial charge in [-0.05, 0) is 24.1 Å². The summed E-state index contributed by atoms with van der Waals surface area (Å²) in [4.78, 5) is 10.7. The summed E-state index contributed by atoms with van der Waals surface area (Å²) < 4.78 is 10.8. The van der Waals surface area contributed by atoms with Gasteiger partial charge in [0.05, 0.1) is 12.0 Å². The summed E-state index contributed by atoms with van der Waals surface area (Å²) in [5.41, 5.74) is 1.60. The molecule has 2 rings (SSSR count). The Bertz CT molecular complexity index is 611. The molecule has 0 aliphatic rings. The predicted molar refractivity (Wildman–Crippen MR) is 75.2 cm³/mol. The molecule has 0 unspecified atom stereocenters. The lowest BCUT2D eigenvalue weighted by atomic mass is 10.2. The van der Waals surface area contributed by atoms with Crippen molar-refractivity contribution >= 4 is 5.69 Å². The van der Waals surface area contributed by atoms with Crippen LogP contribution in [0.4, 0.5) is 5.69 Å². The van der Waals surface area contributed by atoms with Crippen molar-refractivity contribution < 1.29 is 14.4 Å². The van der Waals surface area contributed by atoms with E-state index in [0.717, 1.165) is 11.1 Å². The Hall–Kier alpha value is -2.56. The average molecular weight is 273 g/mol. The van der Waals surface area contributed by atoms with Gasteiger partial charge in [-0.2, -0.15) is 0 Å². The van der Waals surface area contributed by atoms with Crippen molar-refractivity contribution in [3.63, 3.8) is 0 Å². The molecule has 0 heterocycles. The first-order valence-electron chi connectivity index (χ1n) is 6.11. The molecule has 0 aliphatic heterocycles.